The van der Waals surface area contributed by atoms with E-state index in [2.05, 4.69) is 24.1 Å². The van der Waals surface area contributed by atoms with Gasteiger partial charge >= 0.3 is 5.97 Å². The number of aliphatic carboxylic acids is 1. The summed E-state index contributed by atoms with van der Waals surface area (Å²) in [7, 11) is 1.69. The minimum atomic E-state index is -0.760. The van der Waals surface area contributed by atoms with Crippen molar-refractivity contribution in [1.29, 1.82) is 0 Å². The second-order valence-electron chi connectivity index (χ2n) is 5.32. The molecular formula is C14H30N2O3. The van der Waals surface area contributed by atoms with Crippen LogP contribution in [0.15, 0.2) is 0 Å². The van der Waals surface area contributed by atoms with Crippen molar-refractivity contribution < 1.29 is 14.6 Å². The number of carboxylic acid groups (broad SMARTS) is 1. The smallest absolute Gasteiger partial charge is 0.320 e. The lowest BCUT2D eigenvalue weighted by Gasteiger charge is -2.25. The van der Waals surface area contributed by atoms with Crippen molar-refractivity contribution >= 4 is 5.97 Å². The van der Waals surface area contributed by atoms with E-state index < -0.39 is 12.0 Å². The minimum absolute atomic E-state index is 0.447. The molecule has 5 heteroatoms. The fourth-order valence-corrected chi connectivity index (χ4v) is 1.97. The highest BCUT2D eigenvalue weighted by molar-refractivity contribution is 5.73. The van der Waals surface area contributed by atoms with E-state index in [-0.39, 0.29) is 0 Å². The number of ether oxygens (including phenoxy) is 1. The topological polar surface area (TPSA) is 61.8 Å². The molecule has 0 saturated carbocycles. The fraction of sp³-hybridized carbons (Fsp3) is 0.929. The zero-order valence-corrected chi connectivity index (χ0v) is 12.8. The summed E-state index contributed by atoms with van der Waals surface area (Å²) < 4.78 is 5.10. The Kier molecular flexibility index (Phi) is 10.8. The van der Waals surface area contributed by atoms with Crippen molar-refractivity contribution in [2.45, 2.75) is 39.7 Å². The average molecular weight is 274 g/mol. The molecule has 0 aliphatic rings. The molecule has 0 amide bonds. The predicted octanol–water partition coefficient (Wildman–Crippen LogP) is 1.43. The predicted molar refractivity (Wildman–Crippen MR) is 77.5 cm³/mol. The van der Waals surface area contributed by atoms with Crippen molar-refractivity contribution in [2.24, 2.45) is 5.92 Å². The van der Waals surface area contributed by atoms with Gasteiger partial charge in [-0.1, -0.05) is 20.8 Å². The van der Waals surface area contributed by atoms with Crippen LogP contribution in [-0.4, -0.2) is 61.9 Å². The summed E-state index contributed by atoms with van der Waals surface area (Å²) in [5, 5.41) is 12.2. The zero-order chi connectivity index (χ0) is 14.7. The van der Waals surface area contributed by atoms with Gasteiger partial charge in [0.15, 0.2) is 0 Å². The van der Waals surface area contributed by atoms with E-state index >= 15 is 0 Å². The Morgan fingerprint density at radius 2 is 2.05 bits per heavy atom. The molecule has 1 atom stereocenters. The van der Waals surface area contributed by atoms with E-state index in [1.54, 1.807) is 7.11 Å². The summed E-state index contributed by atoms with van der Waals surface area (Å²) in [6, 6.07) is -0.447. The molecule has 0 heterocycles. The van der Waals surface area contributed by atoms with Gasteiger partial charge in [-0.3, -0.25) is 4.79 Å². The Bertz CT molecular complexity index is 235. The number of nitrogens with one attached hydrogen (secondary N) is 1. The molecule has 0 saturated heterocycles. The van der Waals surface area contributed by atoms with Gasteiger partial charge in [-0.25, -0.2) is 0 Å². The van der Waals surface area contributed by atoms with E-state index in [9.17, 15) is 4.79 Å². The molecule has 0 fully saturated rings. The Morgan fingerprint density at radius 1 is 1.37 bits per heavy atom. The third-order valence-corrected chi connectivity index (χ3v) is 2.91. The Labute approximate surface area is 117 Å². The third-order valence-electron chi connectivity index (χ3n) is 2.91. The van der Waals surface area contributed by atoms with Crippen molar-refractivity contribution in [3.8, 4) is 0 Å². The lowest BCUT2D eigenvalue weighted by Crippen LogP contribution is -2.41. The molecule has 2 N–H and O–H groups in total. The lowest BCUT2D eigenvalue weighted by atomic mass is 10.1. The molecule has 1 unspecified atom stereocenters. The molecule has 0 aromatic heterocycles. The van der Waals surface area contributed by atoms with E-state index in [4.69, 9.17) is 9.84 Å². The first kappa shape index (κ1) is 18.4. The van der Waals surface area contributed by atoms with Gasteiger partial charge in [0.1, 0.15) is 6.04 Å². The number of nitrogens with zero attached hydrogens (tertiary/aromatic N) is 1. The van der Waals surface area contributed by atoms with Crippen molar-refractivity contribution in [3.05, 3.63) is 0 Å². The number of carbonyl (C=O) groups is 1. The molecule has 0 aliphatic heterocycles. The second kappa shape index (κ2) is 11.2. The largest absolute Gasteiger partial charge is 0.480 e. The van der Waals surface area contributed by atoms with Crippen molar-refractivity contribution in [2.75, 3.05) is 39.9 Å². The highest BCUT2D eigenvalue weighted by atomic mass is 16.5. The maximum Gasteiger partial charge on any atom is 0.320 e. The minimum Gasteiger partial charge on any atom is -0.480 e. The van der Waals surface area contributed by atoms with Gasteiger partial charge in [-0.05, 0) is 25.3 Å². The lowest BCUT2D eigenvalue weighted by molar-refractivity contribution is -0.139. The van der Waals surface area contributed by atoms with Gasteiger partial charge in [-0.15, -0.1) is 0 Å². The van der Waals surface area contributed by atoms with Crippen molar-refractivity contribution in [3.63, 3.8) is 0 Å². The molecule has 0 aromatic rings. The number of hydrogen-bond donors (Lipinski definition) is 2. The Hall–Kier alpha value is -0.650. The first-order valence-corrected chi connectivity index (χ1v) is 7.18. The fourth-order valence-electron chi connectivity index (χ4n) is 1.97. The molecule has 0 aliphatic carbocycles. The summed E-state index contributed by atoms with van der Waals surface area (Å²) in [4.78, 5) is 13.4. The van der Waals surface area contributed by atoms with Gasteiger partial charge in [0.2, 0.25) is 0 Å². The summed E-state index contributed by atoms with van der Waals surface area (Å²) in [5.74, 6) is -0.187. The van der Waals surface area contributed by atoms with E-state index in [0.717, 1.165) is 32.6 Å². The second-order valence-corrected chi connectivity index (χ2v) is 5.32. The maximum absolute atomic E-state index is 11.1. The van der Waals surface area contributed by atoms with Gasteiger partial charge in [-0.2, -0.15) is 0 Å². The van der Waals surface area contributed by atoms with Gasteiger partial charge in [0.05, 0.1) is 6.61 Å². The van der Waals surface area contributed by atoms with Crippen molar-refractivity contribution in [1.82, 2.24) is 10.2 Å². The molecule has 0 radical (unpaired) electrons. The third kappa shape index (κ3) is 9.87. The SMILES string of the molecule is CCCNC(CCN(CCOC)CC(C)C)C(=O)O. The van der Waals surface area contributed by atoms with Crippen LogP contribution in [0.3, 0.4) is 0 Å². The van der Waals surface area contributed by atoms with Crippen LogP contribution >= 0.6 is 0 Å². The highest BCUT2D eigenvalue weighted by Crippen LogP contribution is 2.02. The van der Waals surface area contributed by atoms with Gasteiger partial charge in [0, 0.05) is 26.7 Å². The number of rotatable bonds is 12. The zero-order valence-electron chi connectivity index (χ0n) is 12.8. The first-order chi connectivity index (χ1) is 9.01. The Balaban J connectivity index is 4.18. The first-order valence-electron chi connectivity index (χ1n) is 7.18. The van der Waals surface area contributed by atoms with Crippen LogP contribution in [0.4, 0.5) is 0 Å². The van der Waals surface area contributed by atoms with Gasteiger partial charge < -0.3 is 20.1 Å². The number of methoxy groups -OCH3 is 1. The van der Waals surface area contributed by atoms with E-state index in [0.29, 0.717) is 18.9 Å². The normalized spacial score (nSPS) is 13.2. The Morgan fingerprint density at radius 3 is 2.53 bits per heavy atom. The van der Waals surface area contributed by atoms with Crippen LogP contribution in [0.5, 0.6) is 0 Å². The van der Waals surface area contributed by atoms with Gasteiger partial charge in [0.25, 0.3) is 0 Å². The standard InChI is InChI=1S/C14H30N2O3/c1-5-7-15-13(14(17)18)6-8-16(9-10-19-4)11-12(2)3/h12-13,15H,5-11H2,1-4H3,(H,17,18). The molecule has 114 valence electrons. The molecule has 0 bridgehead atoms. The average Bonchev–Trinajstić information content (AvgIpc) is 2.34. The summed E-state index contributed by atoms with van der Waals surface area (Å²) in [5.41, 5.74) is 0. The van der Waals surface area contributed by atoms with Crippen LogP contribution < -0.4 is 5.32 Å². The molecular weight excluding hydrogens is 244 g/mol. The van der Waals surface area contributed by atoms with Crippen LogP contribution in [0.1, 0.15) is 33.6 Å². The highest BCUT2D eigenvalue weighted by Gasteiger charge is 2.18. The molecule has 0 rings (SSSR count). The van der Waals surface area contributed by atoms with Crippen LogP contribution in [0, 0.1) is 5.92 Å². The summed E-state index contributed by atoms with van der Waals surface area (Å²) in [6.45, 7) is 10.4. The van der Waals surface area contributed by atoms with Crippen LogP contribution in [-0.2, 0) is 9.53 Å². The quantitative estimate of drug-likeness (QED) is 0.564. The van der Waals surface area contributed by atoms with E-state index in [1.165, 1.54) is 0 Å². The van der Waals surface area contributed by atoms with Crippen LogP contribution in [0.2, 0.25) is 0 Å². The summed E-state index contributed by atoms with van der Waals surface area (Å²) in [6.07, 6.45) is 1.58. The van der Waals surface area contributed by atoms with Crippen LogP contribution in [0.25, 0.3) is 0 Å². The molecule has 19 heavy (non-hydrogen) atoms. The molecule has 0 spiro atoms. The van der Waals surface area contributed by atoms with E-state index in [1.807, 2.05) is 6.92 Å². The monoisotopic (exact) mass is 274 g/mol. The molecule has 0 aromatic carbocycles. The molecule has 5 nitrogen and oxygen atoms in total. The maximum atomic E-state index is 11.1. The number of carboxylic acids is 1. The summed E-state index contributed by atoms with van der Waals surface area (Å²) >= 11 is 0. The number of hydrogen-bond acceptors (Lipinski definition) is 4.